The zero-order chi connectivity index (χ0) is 23.4. The van der Waals surface area contributed by atoms with Crippen molar-refractivity contribution in [2.75, 3.05) is 5.73 Å². The molecule has 3 N–H and O–H groups in total. The fourth-order valence-corrected chi connectivity index (χ4v) is 3.26. The number of para-hydroxylation sites is 1. The van der Waals surface area contributed by atoms with E-state index in [1.165, 1.54) is 23.0 Å². The van der Waals surface area contributed by atoms with E-state index >= 15 is 0 Å². The molecule has 0 saturated heterocycles. The quantitative estimate of drug-likeness (QED) is 0.292. The summed E-state index contributed by atoms with van der Waals surface area (Å²) in [4.78, 5) is 23.6. The molecular weight excluding hydrogens is 454 g/mol. The minimum atomic E-state index is -4.91. The van der Waals surface area contributed by atoms with Crippen LogP contribution in [0.4, 0.5) is 10.2 Å². The van der Waals surface area contributed by atoms with Crippen LogP contribution in [0, 0.1) is 5.82 Å². The molecule has 0 fully saturated rings. The fraction of sp³-hybridized carbons (Fsp3) is 0.0952. The van der Waals surface area contributed by atoms with E-state index in [1.807, 2.05) is 6.07 Å². The number of benzene rings is 1. The maximum absolute atomic E-state index is 14.4. The van der Waals surface area contributed by atoms with Crippen molar-refractivity contribution < 1.29 is 37.1 Å². The Labute approximate surface area is 187 Å². The number of halogens is 1. The second-order valence-electron chi connectivity index (χ2n) is 6.91. The zero-order valence-corrected chi connectivity index (χ0v) is 17.9. The van der Waals surface area contributed by atoms with Crippen molar-refractivity contribution in [3.05, 3.63) is 84.1 Å². The topological polar surface area (TPSA) is 148 Å². The molecule has 33 heavy (non-hydrogen) atoms. The Bertz CT molecular complexity index is 1310. The average Bonchev–Trinajstić information content (AvgIpc) is 3.23. The molecule has 0 spiro atoms. The summed E-state index contributed by atoms with van der Waals surface area (Å²) < 4.78 is 41.7. The summed E-state index contributed by atoms with van der Waals surface area (Å²) >= 11 is 0. The largest absolute Gasteiger partial charge is 0.756 e. The molecule has 0 radical (unpaired) electrons. The van der Waals surface area contributed by atoms with E-state index in [9.17, 15) is 13.8 Å². The number of hydrogen-bond acceptors (Lipinski definition) is 8. The van der Waals surface area contributed by atoms with Gasteiger partial charge in [-0.2, -0.15) is 0 Å². The van der Waals surface area contributed by atoms with Gasteiger partial charge in [-0.05, 0) is 35.9 Å². The van der Waals surface area contributed by atoms with Crippen molar-refractivity contribution in [1.82, 2.24) is 10.1 Å². The summed E-state index contributed by atoms with van der Waals surface area (Å²) in [6.45, 7) is -0.514. The summed E-state index contributed by atoms with van der Waals surface area (Å²) in [6, 6.07) is 14.9. The van der Waals surface area contributed by atoms with Gasteiger partial charge in [-0.3, -0.25) is 14.8 Å². The Morgan fingerprint density at radius 1 is 1.21 bits per heavy atom. The SMILES string of the molecule is Nc1c(-c2cc(Cc3cnc(Oc4ccccc4)c(F)c3)no2)ccc[n+]1COP(=O)([O-])O. The predicted molar refractivity (Wildman–Crippen MR) is 111 cm³/mol. The van der Waals surface area contributed by atoms with Gasteiger partial charge < -0.3 is 19.0 Å². The summed E-state index contributed by atoms with van der Waals surface area (Å²) in [6.07, 6.45) is 3.19. The molecule has 3 heterocycles. The van der Waals surface area contributed by atoms with Crippen LogP contribution in [-0.2, 0) is 22.2 Å². The summed E-state index contributed by atoms with van der Waals surface area (Å²) in [5.41, 5.74) is 7.52. The Hall–Kier alpha value is -3.63. The second kappa shape index (κ2) is 9.47. The van der Waals surface area contributed by atoms with Gasteiger partial charge in [-0.1, -0.05) is 23.4 Å². The third-order valence-corrected chi connectivity index (χ3v) is 4.95. The average molecular weight is 472 g/mol. The number of ether oxygens (including phenoxy) is 1. The Morgan fingerprint density at radius 3 is 2.73 bits per heavy atom. The highest BCUT2D eigenvalue weighted by Crippen LogP contribution is 2.31. The molecule has 4 rings (SSSR count). The maximum Gasteiger partial charge on any atom is 0.285 e. The van der Waals surface area contributed by atoms with E-state index < -0.39 is 20.4 Å². The Balaban J connectivity index is 1.48. The van der Waals surface area contributed by atoms with Crippen LogP contribution in [-0.4, -0.2) is 15.0 Å². The molecule has 0 aliphatic heterocycles. The number of aromatic nitrogens is 3. The molecule has 12 heteroatoms. The number of nitrogens with zero attached hydrogens (tertiary/aromatic N) is 3. The minimum absolute atomic E-state index is 0.128. The van der Waals surface area contributed by atoms with Gasteiger partial charge in [0.25, 0.3) is 19.5 Å². The van der Waals surface area contributed by atoms with E-state index in [-0.39, 0.29) is 18.1 Å². The van der Waals surface area contributed by atoms with Crippen LogP contribution < -0.4 is 19.9 Å². The van der Waals surface area contributed by atoms with Crippen LogP contribution in [0.3, 0.4) is 0 Å². The molecule has 170 valence electrons. The number of phosphoric ester groups is 1. The number of nitrogen functional groups attached to an aromatic ring is 1. The van der Waals surface area contributed by atoms with Crippen LogP contribution in [0.1, 0.15) is 11.3 Å². The molecule has 0 amide bonds. The van der Waals surface area contributed by atoms with Gasteiger partial charge in [0, 0.05) is 18.7 Å². The van der Waals surface area contributed by atoms with Gasteiger partial charge in [-0.15, -0.1) is 0 Å². The lowest BCUT2D eigenvalue weighted by Crippen LogP contribution is -2.38. The molecule has 3 aromatic heterocycles. The Kier molecular flexibility index (Phi) is 6.47. The van der Waals surface area contributed by atoms with E-state index in [4.69, 9.17) is 19.9 Å². The van der Waals surface area contributed by atoms with E-state index in [0.29, 0.717) is 28.3 Å². The standard InChI is InChI=1S/C21H18FN4O6P/c22-18-10-14(12-24-21(18)31-16-5-2-1-3-6-16)9-15-11-19(32-25-15)17-7-4-8-26(20(17)23)13-30-33(27,28)29/h1-8,10-12,23H,9,13H2,(H2,27,28,29). The molecule has 1 atom stereocenters. The number of hydrogen-bond donors (Lipinski definition) is 2. The first-order valence-electron chi connectivity index (χ1n) is 9.58. The molecular formula is C21H18FN4O6P. The number of nitrogens with two attached hydrogens (primary N) is 1. The van der Waals surface area contributed by atoms with Gasteiger partial charge in [0.2, 0.25) is 0 Å². The van der Waals surface area contributed by atoms with Crippen molar-refractivity contribution in [2.24, 2.45) is 0 Å². The summed E-state index contributed by atoms with van der Waals surface area (Å²) in [5, 5.41) is 3.98. The first-order valence-corrected chi connectivity index (χ1v) is 11.1. The molecule has 1 aromatic carbocycles. The molecule has 1 unspecified atom stereocenters. The van der Waals surface area contributed by atoms with Gasteiger partial charge in [0.05, 0.1) is 11.9 Å². The lowest BCUT2D eigenvalue weighted by atomic mass is 10.1. The Morgan fingerprint density at radius 2 is 2.00 bits per heavy atom. The van der Waals surface area contributed by atoms with Crippen molar-refractivity contribution in [3.8, 4) is 23.0 Å². The summed E-state index contributed by atoms with van der Waals surface area (Å²) in [5.74, 6) is 0.151. The second-order valence-corrected chi connectivity index (χ2v) is 8.10. The first kappa shape index (κ1) is 22.6. The van der Waals surface area contributed by atoms with E-state index in [2.05, 4.69) is 14.7 Å². The van der Waals surface area contributed by atoms with Gasteiger partial charge in [0.1, 0.15) is 11.3 Å². The van der Waals surface area contributed by atoms with Crippen LogP contribution in [0.2, 0.25) is 0 Å². The molecule has 4 aromatic rings. The molecule has 0 aliphatic rings. The first-order chi connectivity index (χ1) is 15.8. The number of rotatable bonds is 8. The molecule has 0 saturated carbocycles. The van der Waals surface area contributed by atoms with Crippen molar-refractivity contribution in [3.63, 3.8) is 0 Å². The highest BCUT2D eigenvalue weighted by Gasteiger charge is 2.18. The zero-order valence-electron chi connectivity index (χ0n) is 17.0. The third-order valence-electron chi connectivity index (χ3n) is 4.51. The lowest BCUT2D eigenvalue weighted by Gasteiger charge is -2.14. The van der Waals surface area contributed by atoms with Crippen LogP contribution in [0.15, 0.2) is 71.5 Å². The molecule has 0 bridgehead atoms. The van der Waals surface area contributed by atoms with E-state index in [0.717, 1.165) is 0 Å². The van der Waals surface area contributed by atoms with Crippen molar-refractivity contribution in [1.29, 1.82) is 0 Å². The van der Waals surface area contributed by atoms with Crippen molar-refractivity contribution >= 4 is 13.6 Å². The normalized spacial score (nSPS) is 12.9. The predicted octanol–water partition coefficient (Wildman–Crippen LogP) is 2.56. The molecule has 10 nitrogen and oxygen atoms in total. The summed E-state index contributed by atoms with van der Waals surface area (Å²) in [7, 11) is -4.91. The van der Waals surface area contributed by atoms with E-state index in [1.54, 1.807) is 42.5 Å². The van der Waals surface area contributed by atoms with Crippen LogP contribution in [0.25, 0.3) is 11.3 Å². The third kappa shape index (κ3) is 5.79. The monoisotopic (exact) mass is 472 g/mol. The van der Waals surface area contributed by atoms with Crippen molar-refractivity contribution in [2.45, 2.75) is 13.2 Å². The highest BCUT2D eigenvalue weighted by molar-refractivity contribution is 7.44. The maximum atomic E-state index is 14.4. The van der Waals surface area contributed by atoms with Gasteiger partial charge >= 0.3 is 0 Å². The number of phosphoric acid groups is 1. The van der Waals surface area contributed by atoms with Crippen LogP contribution >= 0.6 is 7.82 Å². The molecule has 0 aliphatic carbocycles. The number of pyridine rings is 2. The highest BCUT2D eigenvalue weighted by atomic mass is 31.2. The minimum Gasteiger partial charge on any atom is -0.756 e. The fourth-order valence-electron chi connectivity index (χ4n) is 2.99. The number of anilines is 1. The smallest absolute Gasteiger partial charge is 0.285 e. The van der Waals surface area contributed by atoms with Gasteiger partial charge in [0.15, 0.2) is 18.3 Å². The lowest BCUT2D eigenvalue weighted by molar-refractivity contribution is -0.712. The van der Waals surface area contributed by atoms with Crippen LogP contribution in [0.5, 0.6) is 11.6 Å². The van der Waals surface area contributed by atoms with Gasteiger partial charge in [-0.25, -0.2) is 13.9 Å².